The zero-order valence-electron chi connectivity index (χ0n) is 23.1. The minimum Gasteiger partial charge on any atom is -0.508 e. The Hall–Kier alpha value is -2.74. The van der Waals surface area contributed by atoms with Crippen LogP contribution in [0.5, 0.6) is 5.75 Å². The van der Waals surface area contributed by atoms with E-state index in [1.54, 1.807) is 6.07 Å². The van der Waals surface area contributed by atoms with Crippen molar-refractivity contribution in [2.75, 3.05) is 40.8 Å². The summed E-state index contributed by atoms with van der Waals surface area (Å²) in [5.74, 6) is 1.03. The Balaban J connectivity index is 0.000000301. The van der Waals surface area contributed by atoms with Gasteiger partial charge >= 0.3 is 0 Å². The fourth-order valence-corrected chi connectivity index (χ4v) is 3.62. The van der Waals surface area contributed by atoms with Crippen LogP contribution in [-0.4, -0.2) is 75.0 Å². The van der Waals surface area contributed by atoms with Crippen molar-refractivity contribution in [3.8, 4) is 5.75 Å². The number of aldehydes is 1. The third kappa shape index (κ3) is 13.4. The van der Waals surface area contributed by atoms with Gasteiger partial charge in [0, 0.05) is 57.3 Å². The maximum Gasteiger partial charge on any atom is 0.152 e. The van der Waals surface area contributed by atoms with Gasteiger partial charge in [-0.25, -0.2) is 4.99 Å². The lowest BCUT2D eigenvalue weighted by Gasteiger charge is -2.26. The summed E-state index contributed by atoms with van der Waals surface area (Å²) in [5, 5.41) is 19.3. The highest BCUT2D eigenvalue weighted by Crippen LogP contribution is 2.24. The monoisotopic (exact) mass is 497 g/mol. The lowest BCUT2D eigenvalue weighted by Crippen LogP contribution is -2.52. The molecule has 1 aliphatic rings. The Labute approximate surface area is 218 Å². The molecular weight excluding hydrogens is 450 g/mol. The standard InChI is InChI=1S/C14H20N2O2.C9H13N.C6H14N2/c1-4-5-6-14(16(2)3)15-13-9-12(18)8-7-11(13)10-17;1-10-8-7-9-5-3-2-4-6-9;1-5-3-7-4-6(2)8-5/h7-10,18H,4-6H2,1-3H3;2-6,10H,7-8H2,1H3;5-8H,3-4H2,1-2H3. The van der Waals surface area contributed by atoms with Crippen LogP contribution < -0.4 is 16.0 Å². The highest BCUT2D eigenvalue weighted by molar-refractivity contribution is 5.89. The second kappa shape index (κ2) is 18.5. The van der Waals surface area contributed by atoms with Gasteiger partial charge in [0.15, 0.2) is 6.29 Å². The number of likely N-dealkylation sites (N-methyl/N-ethyl adjacent to an activating group) is 1. The molecule has 0 aliphatic carbocycles. The van der Waals surface area contributed by atoms with E-state index in [1.165, 1.54) is 17.7 Å². The molecule has 36 heavy (non-hydrogen) atoms. The fourth-order valence-electron chi connectivity index (χ4n) is 3.62. The third-order valence-electron chi connectivity index (χ3n) is 5.64. The summed E-state index contributed by atoms with van der Waals surface area (Å²) in [5.41, 5.74) is 2.41. The molecule has 1 heterocycles. The first-order valence-electron chi connectivity index (χ1n) is 13.0. The molecule has 1 saturated heterocycles. The smallest absolute Gasteiger partial charge is 0.152 e. The average molecular weight is 498 g/mol. The van der Waals surface area contributed by atoms with Gasteiger partial charge in [-0.2, -0.15) is 0 Å². The van der Waals surface area contributed by atoms with Crippen LogP contribution in [0.3, 0.4) is 0 Å². The number of hydrogen-bond donors (Lipinski definition) is 4. The molecule has 0 bridgehead atoms. The molecule has 0 saturated carbocycles. The summed E-state index contributed by atoms with van der Waals surface area (Å²) in [7, 11) is 5.83. The Kier molecular flexibility index (Phi) is 16.1. The van der Waals surface area contributed by atoms with Gasteiger partial charge in [0.25, 0.3) is 0 Å². The topological polar surface area (TPSA) is 89.0 Å². The Bertz CT molecular complexity index is 878. The van der Waals surface area contributed by atoms with Gasteiger partial charge in [-0.1, -0.05) is 43.7 Å². The molecule has 7 nitrogen and oxygen atoms in total. The van der Waals surface area contributed by atoms with Crippen molar-refractivity contribution >= 4 is 17.8 Å². The number of carbonyl (C=O) groups excluding carboxylic acids is 1. The average Bonchev–Trinajstić information content (AvgIpc) is 2.86. The molecule has 7 heteroatoms. The van der Waals surface area contributed by atoms with E-state index in [0.29, 0.717) is 23.3 Å². The Morgan fingerprint density at radius 3 is 2.31 bits per heavy atom. The molecule has 1 fully saturated rings. The first kappa shape index (κ1) is 31.3. The molecule has 2 unspecified atom stereocenters. The van der Waals surface area contributed by atoms with Crippen molar-refractivity contribution < 1.29 is 9.90 Å². The number of nitrogens with zero attached hydrogens (tertiary/aromatic N) is 2. The number of nitrogens with one attached hydrogen (secondary N) is 3. The maximum absolute atomic E-state index is 10.9. The lowest BCUT2D eigenvalue weighted by molar-refractivity contribution is 0.112. The molecule has 3 rings (SSSR count). The number of piperazine rings is 1. The minimum atomic E-state index is 0.118. The number of carbonyl (C=O) groups is 1. The molecule has 0 spiro atoms. The van der Waals surface area contributed by atoms with Crippen molar-refractivity contribution in [2.24, 2.45) is 4.99 Å². The second-order valence-electron chi connectivity index (χ2n) is 9.35. The van der Waals surface area contributed by atoms with Crippen molar-refractivity contribution in [2.45, 2.75) is 58.5 Å². The highest BCUT2D eigenvalue weighted by Gasteiger charge is 2.11. The lowest BCUT2D eigenvalue weighted by atomic mass is 10.2. The maximum atomic E-state index is 10.9. The minimum absolute atomic E-state index is 0.118. The number of benzene rings is 2. The summed E-state index contributed by atoms with van der Waals surface area (Å²) < 4.78 is 0. The summed E-state index contributed by atoms with van der Waals surface area (Å²) in [6.07, 6.45) is 4.87. The summed E-state index contributed by atoms with van der Waals surface area (Å²) >= 11 is 0. The first-order valence-corrected chi connectivity index (χ1v) is 13.0. The van der Waals surface area contributed by atoms with Gasteiger partial charge in [-0.15, -0.1) is 0 Å². The zero-order chi connectivity index (χ0) is 26.8. The predicted molar refractivity (Wildman–Crippen MR) is 153 cm³/mol. The Morgan fingerprint density at radius 1 is 1.14 bits per heavy atom. The molecular formula is C29H47N5O2. The van der Waals surface area contributed by atoms with Gasteiger partial charge in [0.05, 0.1) is 5.69 Å². The van der Waals surface area contributed by atoms with E-state index in [4.69, 9.17) is 0 Å². The number of phenols is 1. The highest BCUT2D eigenvalue weighted by atomic mass is 16.3. The number of amidine groups is 1. The number of phenolic OH excluding ortho intramolecular Hbond substituents is 1. The molecule has 1 aliphatic heterocycles. The van der Waals surface area contributed by atoms with Crippen LogP contribution in [0.25, 0.3) is 0 Å². The van der Waals surface area contributed by atoms with Crippen molar-refractivity contribution in [3.63, 3.8) is 0 Å². The van der Waals surface area contributed by atoms with Gasteiger partial charge in [-0.3, -0.25) is 4.79 Å². The molecule has 2 aromatic carbocycles. The zero-order valence-corrected chi connectivity index (χ0v) is 23.1. The van der Waals surface area contributed by atoms with Gasteiger partial charge in [0.1, 0.15) is 11.6 Å². The Morgan fingerprint density at radius 2 is 1.81 bits per heavy atom. The molecule has 0 aromatic heterocycles. The van der Waals surface area contributed by atoms with Gasteiger partial charge in [-0.05, 0) is 58.0 Å². The number of unbranched alkanes of at least 4 members (excludes halogenated alkanes) is 1. The van der Waals surface area contributed by atoms with Crippen molar-refractivity contribution in [1.82, 2.24) is 20.9 Å². The van der Waals surface area contributed by atoms with E-state index in [0.717, 1.165) is 57.4 Å². The van der Waals surface area contributed by atoms with Crippen LogP contribution in [0.15, 0.2) is 53.5 Å². The molecule has 2 atom stereocenters. The number of aliphatic imine (C=N–C) groups is 1. The first-order chi connectivity index (χ1) is 17.3. The molecule has 0 radical (unpaired) electrons. The van der Waals surface area contributed by atoms with E-state index in [9.17, 15) is 9.90 Å². The third-order valence-corrected chi connectivity index (χ3v) is 5.64. The molecule has 200 valence electrons. The van der Waals surface area contributed by atoms with E-state index in [1.807, 2.05) is 32.1 Å². The van der Waals surface area contributed by atoms with E-state index >= 15 is 0 Å². The quantitative estimate of drug-likeness (QED) is 0.246. The van der Waals surface area contributed by atoms with Gasteiger partial charge < -0.3 is 26.0 Å². The normalized spacial score (nSPS) is 17.2. The van der Waals surface area contributed by atoms with Gasteiger partial charge in [0.2, 0.25) is 0 Å². The van der Waals surface area contributed by atoms with E-state index in [2.05, 4.69) is 66.0 Å². The predicted octanol–water partition coefficient (Wildman–Crippen LogP) is 4.39. The number of rotatable bonds is 8. The molecule has 0 amide bonds. The summed E-state index contributed by atoms with van der Waals surface area (Å²) in [6.45, 7) is 9.81. The summed E-state index contributed by atoms with van der Waals surface area (Å²) in [6, 6.07) is 16.4. The van der Waals surface area contributed by atoms with Crippen LogP contribution in [-0.2, 0) is 6.42 Å². The number of aromatic hydroxyl groups is 1. The van der Waals surface area contributed by atoms with Crippen molar-refractivity contribution in [1.29, 1.82) is 0 Å². The largest absolute Gasteiger partial charge is 0.508 e. The van der Waals surface area contributed by atoms with E-state index in [-0.39, 0.29) is 5.75 Å². The van der Waals surface area contributed by atoms with Crippen LogP contribution in [0.1, 0.15) is 56.0 Å². The second-order valence-corrected chi connectivity index (χ2v) is 9.35. The van der Waals surface area contributed by atoms with Crippen LogP contribution in [0, 0.1) is 0 Å². The van der Waals surface area contributed by atoms with Crippen LogP contribution in [0.4, 0.5) is 5.69 Å². The van der Waals surface area contributed by atoms with Crippen LogP contribution >= 0.6 is 0 Å². The molecule has 2 aromatic rings. The van der Waals surface area contributed by atoms with Crippen molar-refractivity contribution in [3.05, 3.63) is 59.7 Å². The molecule has 4 N–H and O–H groups in total. The summed E-state index contributed by atoms with van der Waals surface area (Å²) in [4.78, 5) is 17.4. The van der Waals surface area contributed by atoms with Crippen LogP contribution in [0.2, 0.25) is 0 Å². The fraction of sp³-hybridized carbons (Fsp3) is 0.517. The SMILES string of the molecule is CC1CNCC(C)N1.CCCCC(=Nc1cc(O)ccc1C=O)N(C)C.CNCCc1ccccc1. The number of hydrogen-bond acceptors (Lipinski definition) is 6. The van der Waals surface area contributed by atoms with E-state index < -0.39 is 0 Å².